The lowest BCUT2D eigenvalue weighted by atomic mass is 9.33. The summed E-state index contributed by atoms with van der Waals surface area (Å²) in [6.07, 6.45) is 7.73. The van der Waals surface area contributed by atoms with Crippen molar-refractivity contribution >= 4 is 11.9 Å². The van der Waals surface area contributed by atoms with Crippen LogP contribution in [0.2, 0.25) is 0 Å². The van der Waals surface area contributed by atoms with E-state index in [9.17, 15) is 35.1 Å². The Labute approximate surface area is 300 Å². The first kappa shape index (κ1) is 36.4. The smallest absolute Gasteiger partial charge is 0.377 e. The number of allylic oxidation sites excluding steroid dienone is 2. The molecule has 11 atom stereocenters. The molecule has 6 N–H and O–H groups in total. The Hall–Kier alpha value is -2.96. The molecule has 7 rings (SSSR count). The van der Waals surface area contributed by atoms with Crippen LogP contribution in [-0.4, -0.2) is 76.8 Å². The molecule has 12 nitrogen and oxygen atoms in total. The number of rotatable bonds is 6. The average Bonchev–Trinajstić information content (AvgIpc) is 3.60. The van der Waals surface area contributed by atoms with E-state index in [2.05, 4.69) is 70.2 Å². The topological polar surface area (TPSA) is 187 Å². The van der Waals surface area contributed by atoms with Crippen LogP contribution in [0.25, 0.3) is 0 Å². The Morgan fingerprint density at radius 3 is 2.41 bits per heavy atom. The van der Waals surface area contributed by atoms with Crippen LogP contribution in [0.3, 0.4) is 0 Å². The fourth-order valence-corrected chi connectivity index (χ4v) is 12.6. The number of cyclic esters (lactones) is 1. The minimum Gasteiger partial charge on any atom is -0.505 e. The molecule has 5 aliphatic carbocycles. The van der Waals surface area contributed by atoms with E-state index in [1.54, 1.807) is 6.20 Å². The van der Waals surface area contributed by atoms with Gasteiger partial charge in [0.15, 0.2) is 11.9 Å². The molecule has 1 aromatic heterocycles. The minimum atomic E-state index is -1.41. The molecule has 4 fully saturated rings. The number of aliphatic hydroxyl groups excluding tert-OH is 5. The lowest BCUT2D eigenvalue weighted by Crippen LogP contribution is -2.68. The zero-order valence-corrected chi connectivity index (χ0v) is 31.3. The second-order valence-electron chi connectivity index (χ2n) is 19.1. The SMILES string of the molecule is CC1(C)CC[C@]2(C(=O)NCc3cn(C[C@H](O)[C@H]4OC(=O)C(O)=C4O)nn3)[C@H](O)C[C@]3(C)C(=CC[C@@H]4[C@@]5(C)CC[C@H](O)C(C)(C)[C@@H]5CC[C@]43C)[C@@H]2C1. The van der Waals surface area contributed by atoms with Crippen LogP contribution in [0.15, 0.2) is 29.4 Å². The summed E-state index contributed by atoms with van der Waals surface area (Å²) in [5.41, 5.74) is 0.424. The summed E-state index contributed by atoms with van der Waals surface area (Å²) < 4.78 is 6.17. The van der Waals surface area contributed by atoms with Gasteiger partial charge in [0.1, 0.15) is 11.8 Å². The number of hydrogen-bond acceptors (Lipinski definition) is 10. The van der Waals surface area contributed by atoms with E-state index in [4.69, 9.17) is 4.74 Å². The standard InChI is InChI=1S/C39H58N4O8/c1-34(2)14-15-39(33(50)40-18-21-19-43(42-41-21)20-24(44)31-29(47)30(48)32(49)51-31)23(16-34)22-8-9-26-36(5)12-11-27(45)35(3,4)25(36)10-13-37(26,6)38(22,7)17-28(39)46/h8,19,23-28,31,44-48H,9-18,20H2,1-7H3,(H,40,50)/t23-,24-,25-,26+,27-,28+,31+,36-,37+,38+,39+/m0/s1. The Kier molecular flexibility index (Phi) is 8.40. The summed E-state index contributed by atoms with van der Waals surface area (Å²) in [6.45, 7) is 16.3. The van der Waals surface area contributed by atoms with Gasteiger partial charge in [0.2, 0.25) is 11.7 Å². The summed E-state index contributed by atoms with van der Waals surface area (Å²) in [4.78, 5) is 26.1. The molecule has 1 aliphatic heterocycles. The van der Waals surface area contributed by atoms with Gasteiger partial charge < -0.3 is 35.6 Å². The van der Waals surface area contributed by atoms with Gasteiger partial charge in [-0.1, -0.05) is 65.3 Å². The molecule has 2 heterocycles. The highest BCUT2D eigenvalue weighted by Gasteiger charge is 2.71. The second-order valence-corrected chi connectivity index (χ2v) is 19.1. The van der Waals surface area contributed by atoms with Crippen LogP contribution in [0, 0.1) is 50.2 Å². The summed E-state index contributed by atoms with van der Waals surface area (Å²) in [6, 6.07) is 0. The molecule has 1 aromatic rings. The van der Waals surface area contributed by atoms with E-state index in [1.807, 2.05) is 0 Å². The first-order valence-corrected chi connectivity index (χ1v) is 19.0. The van der Waals surface area contributed by atoms with Crippen LogP contribution in [-0.2, 0) is 27.4 Å². The van der Waals surface area contributed by atoms with Gasteiger partial charge >= 0.3 is 5.97 Å². The average molecular weight is 711 g/mol. The number of aliphatic hydroxyl groups is 5. The van der Waals surface area contributed by atoms with Crippen LogP contribution < -0.4 is 5.32 Å². The third-order valence-electron chi connectivity index (χ3n) is 15.8. The Bertz CT molecular complexity index is 1670. The monoisotopic (exact) mass is 710 g/mol. The summed E-state index contributed by atoms with van der Waals surface area (Å²) in [5, 5.41) is 64.8. The zero-order valence-electron chi connectivity index (χ0n) is 31.3. The number of nitrogens with zero attached hydrogens (tertiary/aromatic N) is 3. The number of ether oxygens (including phenoxy) is 1. The van der Waals surface area contributed by atoms with Gasteiger partial charge in [0.25, 0.3) is 0 Å². The number of nitrogens with one attached hydrogen (secondary N) is 1. The van der Waals surface area contributed by atoms with E-state index < -0.39 is 41.2 Å². The van der Waals surface area contributed by atoms with E-state index in [0.717, 1.165) is 44.9 Å². The molecule has 0 aromatic carbocycles. The van der Waals surface area contributed by atoms with E-state index >= 15 is 0 Å². The van der Waals surface area contributed by atoms with Gasteiger partial charge in [-0.15, -0.1) is 5.10 Å². The first-order chi connectivity index (χ1) is 23.7. The van der Waals surface area contributed by atoms with Crippen LogP contribution in [0.1, 0.15) is 112 Å². The van der Waals surface area contributed by atoms with Gasteiger partial charge in [-0.2, -0.15) is 0 Å². The van der Waals surface area contributed by atoms with Crippen molar-refractivity contribution in [2.45, 2.75) is 144 Å². The summed E-state index contributed by atoms with van der Waals surface area (Å²) >= 11 is 0. The van der Waals surface area contributed by atoms with Crippen molar-refractivity contribution in [2.75, 3.05) is 0 Å². The summed E-state index contributed by atoms with van der Waals surface area (Å²) in [5.74, 6) is -2.21. The van der Waals surface area contributed by atoms with Crippen molar-refractivity contribution in [3.8, 4) is 0 Å². The third kappa shape index (κ3) is 5.16. The third-order valence-corrected chi connectivity index (χ3v) is 15.8. The van der Waals surface area contributed by atoms with E-state index in [1.165, 1.54) is 10.3 Å². The molecule has 51 heavy (non-hydrogen) atoms. The van der Waals surface area contributed by atoms with Crippen LogP contribution in [0.5, 0.6) is 0 Å². The fraction of sp³-hybridized carbons (Fsp3) is 0.795. The van der Waals surface area contributed by atoms with Gasteiger partial charge in [-0.3, -0.25) is 4.79 Å². The number of amides is 1. The van der Waals surface area contributed by atoms with Crippen molar-refractivity contribution in [3.05, 3.63) is 35.1 Å². The van der Waals surface area contributed by atoms with E-state index in [0.29, 0.717) is 30.4 Å². The van der Waals surface area contributed by atoms with Gasteiger partial charge in [0.05, 0.1) is 36.9 Å². The zero-order chi connectivity index (χ0) is 37.1. The molecule has 282 valence electrons. The molecule has 1 amide bonds. The normalized spacial score (nSPS) is 43.2. The Morgan fingerprint density at radius 1 is 1.00 bits per heavy atom. The predicted molar refractivity (Wildman–Crippen MR) is 186 cm³/mol. The number of hydrogen-bond donors (Lipinski definition) is 6. The number of fused-ring (bicyclic) bond motifs is 7. The lowest BCUT2D eigenvalue weighted by molar-refractivity contribution is -0.215. The molecule has 4 saturated carbocycles. The Morgan fingerprint density at radius 2 is 1.73 bits per heavy atom. The molecule has 0 spiro atoms. The highest BCUT2D eigenvalue weighted by atomic mass is 16.6. The second kappa shape index (κ2) is 11.8. The maximum absolute atomic E-state index is 14.6. The number of carbonyl (C=O) groups excluding carboxylic acids is 2. The van der Waals surface area contributed by atoms with Gasteiger partial charge in [0, 0.05) is 0 Å². The highest BCUT2D eigenvalue weighted by Crippen LogP contribution is 2.75. The fourth-order valence-electron chi connectivity index (χ4n) is 12.6. The van der Waals surface area contributed by atoms with Gasteiger partial charge in [-0.05, 0) is 103 Å². The minimum absolute atomic E-state index is 0.00969. The number of carbonyl (C=O) groups is 2. The predicted octanol–water partition coefficient (Wildman–Crippen LogP) is 4.64. The number of aromatic nitrogens is 3. The lowest BCUT2D eigenvalue weighted by Gasteiger charge is -2.71. The Balaban J connectivity index is 1.13. The molecular weight excluding hydrogens is 652 g/mol. The molecule has 6 aliphatic rings. The van der Waals surface area contributed by atoms with Crippen molar-refractivity contribution in [1.29, 1.82) is 0 Å². The highest BCUT2D eigenvalue weighted by molar-refractivity contribution is 5.89. The molecule has 0 radical (unpaired) electrons. The van der Waals surface area contributed by atoms with Crippen LogP contribution >= 0.6 is 0 Å². The van der Waals surface area contributed by atoms with Crippen molar-refractivity contribution in [1.82, 2.24) is 20.3 Å². The molecule has 0 saturated heterocycles. The molecule has 0 bridgehead atoms. The van der Waals surface area contributed by atoms with Crippen molar-refractivity contribution < 1.29 is 39.9 Å². The molecule has 0 unspecified atom stereocenters. The van der Waals surface area contributed by atoms with E-state index in [-0.39, 0.29) is 58.1 Å². The number of esters is 1. The maximum atomic E-state index is 14.6. The first-order valence-electron chi connectivity index (χ1n) is 19.0. The van der Waals surface area contributed by atoms with Crippen molar-refractivity contribution in [2.24, 2.45) is 50.2 Å². The maximum Gasteiger partial charge on any atom is 0.377 e. The summed E-state index contributed by atoms with van der Waals surface area (Å²) in [7, 11) is 0. The van der Waals surface area contributed by atoms with Gasteiger partial charge in [-0.25, -0.2) is 9.48 Å². The molecule has 12 heteroatoms. The quantitative estimate of drug-likeness (QED) is 0.179. The largest absolute Gasteiger partial charge is 0.505 e. The molecular formula is C39H58N4O8. The van der Waals surface area contributed by atoms with Crippen molar-refractivity contribution in [3.63, 3.8) is 0 Å². The van der Waals surface area contributed by atoms with Crippen LogP contribution in [0.4, 0.5) is 0 Å².